The molecule has 1 saturated heterocycles. The molecule has 0 saturated carbocycles. The van der Waals surface area contributed by atoms with Crippen LogP contribution in [0.1, 0.15) is 40.5 Å². The van der Waals surface area contributed by atoms with Crippen molar-refractivity contribution in [2.75, 3.05) is 19.4 Å². The topological polar surface area (TPSA) is 63.2 Å². The fourth-order valence-corrected chi connectivity index (χ4v) is 3.11. The van der Waals surface area contributed by atoms with Crippen molar-refractivity contribution >= 4 is 19.4 Å². The molecule has 0 aromatic rings. The maximum Gasteiger partial charge on any atom is 0.343 e. The van der Waals surface area contributed by atoms with Crippen molar-refractivity contribution in [2.24, 2.45) is 5.41 Å². The van der Waals surface area contributed by atoms with Gasteiger partial charge in [0.05, 0.1) is 11.5 Å². The zero-order valence-corrected chi connectivity index (χ0v) is 13.0. The van der Waals surface area contributed by atoms with Crippen LogP contribution in [0.25, 0.3) is 0 Å². The number of ketones is 2. The predicted octanol–water partition coefficient (Wildman–Crippen LogP) is 2.39. The Labute approximate surface area is 111 Å². The third kappa shape index (κ3) is 4.25. The maximum absolute atomic E-state index is 12.1. The Kier molecular flexibility index (Phi) is 7.49. The lowest BCUT2D eigenvalue weighted by atomic mass is 9.71. The average molecular weight is 274 g/mol. The van der Waals surface area contributed by atoms with Crippen molar-refractivity contribution in [1.82, 2.24) is 5.32 Å². The van der Waals surface area contributed by atoms with E-state index in [0.717, 1.165) is 13.0 Å². The predicted molar refractivity (Wildman–Crippen MR) is 74.6 cm³/mol. The number of hydrogen-bond donors (Lipinski definition) is 1. The first-order chi connectivity index (χ1) is 8.38. The summed E-state index contributed by atoms with van der Waals surface area (Å²) in [7, 11) is -1.47. The molecule has 104 valence electrons. The maximum atomic E-state index is 12.1. The summed E-state index contributed by atoms with van der Waals surface area (Å²) in [6, 6.07) is -0.413. The van der Waals surface area contributed by atoms with Crippen LogP contribution >= 0.6 is 7.80 Å². The molecule has 5 heteroatoms. The van der Waals surface area contributed by atoms with Gasteiger partial charge in [-0.3, -0.25) is 9.59 Å². The van der Waals surface area contributed by atoms with Gasteiger partial charge in [0.2, 0.25) is 6.16 Å². The lowest BCUT2D eigenvalue weighted by molar-refractivity contribution is -0.135. The molecule has 1 aliphatic heterocycles. The first-order valence-electron chi connectivity index (χ1n) is 6.53. The minimum atomic E-state index is -1.47. The van der Waals surface area contributed by atoms with Gasteiger partial charge in [0, 0.05) is 0 Å². The van der Waals surface area contributed by atoms with Gasteiger partial charge in [-0.2, -0.15) is 0 Å². The number of carbonyl (C=O) groups is 2. The minimum Gasteiger partial charge on any atom is -0.307 e. The molecule has 0 spiro atoms. The number of piperidine rings is 1. The summed E-state index contributed by atoms with van der Waals surface area (Å²) in [5.74, 6) is -0.0645. The Balaban J connectivity index is 0.00000137. The second kappa shape index (κ2) is 7.75. The van der Waals surface area contributed by atoms with Gasteiger partial charge >= 0.3 is 7.80 Å². The van der Waals surface area contributed by atoms with Crippen LogP contribution in [0.5, 0.6) is 0 Å². The summed E-state index contributed by atoms with van der Waals surface area (Å²) in [6.07, 6.45) is 1.66. The van der Waals surface area contributed by atoms with Crippen molar-refractivity contribution in [3.8, 4) is 0 Å². The molecule has 1 N–H and O–H groups in total. The van der Waals surface area contributed by atoms with E-state index in [4.69, 9.17) is 0 Å². The third-order valence-electron chi connectivity index (χ3n) is 3.27. The molecule has 1 rings (SSSR count). The van der Waals surface area contributed by atoms with Crippen LogP contribution in [-0.4, -0.2) is 37.0 Å². The molecule has 0 radical (unpaired) electrons. The van der Waals surface area contributed by atoms with E-state index < -0.39 is 19.3 Å². The normalized spacial score (nSPS) is 27.8. The van der Waals surface area contributed by atoms with Gasteiger partial charge in [0.1, 0.15) is 12.4 Å². The van der Waals surface area contributed by atoms with E-state index >= 15 is 0 Å². The van der Waals surface area contributed by atoms with Crippen molar-refractivity contribution in [2.45, 2.75) is 46.6 Å². The van der Waals surface area contributed by atoms with E-state index in [1.54, 1.807) is 6.66 Å². The highest BCUT2D eigenvalue weighted by atomic mass is 31.1. The molecule has 0 aromatic heterocycles. The smallest absolute Gasteiger partial charge is 0.307 e. The molecular formula is C13H25NO3P+. The van der Waals surface area contributed by atoms with Gasteiger partial charge in [0.15, 0.2) is 5.78 Å². The van der Waals surface area contributed by atoms with Crippen molar-refractivity contribution < 1.29 is 14.2 Å². The van der Waals surface area contributed by atoms with Gasteiger partial charge in [-0.1, -0.05) is 25.3 Å². The summed E-state index contributed by atoms with van der Waals surface area (Å²) < 4.78 is 11.1. The fourth-order valence-electron chi connectivity index (χ4n) is 2.35. The Morgan fingerprint density at radius 3 is 2.39 bits per heavy atom. The molecule has 0 aromatic carbocycles. The monoisotopic (exact) mass is 274 g/mol. The molecule has 4 nitrogen and oxygen atoms in total. The largest absolute Gasteiger partial charge is 0.343 e. The van der Waals surface area contributed by atoms with Crippen molar-refractivity contribution in [3.63, 3.8) is 0 Å². The quantitative estimate of drug-likeness (QED) is 0.799. The highest BCUT2D eigenvalue weighted by molar-refractivity contribution is 7.44. The lowest BCUT2D eigenvalue weighted by Crippen LogP contribution is -2.56. The Morgan fingerprint density at radius 1 is 1.39 bits per heavy atom. The molecule has 3 atom stereocenters. The van der Waals surface area contributed by atoms with Crippen LogP contribution in [0.15, 0.2) is 0 Å². The van der Waals surface area contributed by atoms with Crippen molar-refractivity contribution in [1.29, 1.82) is 0 Å². The summed E-state index contributed by atoms with van der Waals surface area (Å²) in [5.41, 5.74) is -0.676. The first-order valence-corrected chi connectivity index (χ1v) is 8.42. The Bertz CT molecular complexity index is 330. The van der Waals surface area contributed by atoms with E-state index in [2.05, 4.69) is 5.32 Å². The van der Waals surface area contributed by atoms with Gasteiger partial charge in [0.25, 0.3) is 0 Å². The number of rotatable bonds is 4. The summed E-state index contributed by atoms with van der Waals surface area (Å²) in [6.45, 7) is 9.63. The molecule has 3 unspecified atom stereocenters. The summed E-state index contributed by atoms with van der Waals surface area (Å²) in [4.78, 5) is 23.6. The lowest BCUT2D eigenvalue weighted by Gasteiger charge is -2.38. The van der Waals surface area contributed by atoms with Crippen molar-refractivity contribution in [3.05, 3.63) is 0 Å². The van der Waals surface area contributed by atoms with E-state index in [1.165, 1.54) is 6.92 Å². The van der Waals surface area contributed by atoms with E-state index in [1.807, 2.05) is 20.8 Å². The highest BCUT2D eigenvalue weighted by Crippen LogP contribution is 2.35. The minimum absolute atomic E-state index is 0.0121. The van der Waals surface area contributed by atoms with Crippen LogP contribution in [0.2, 0.25) is 0 Å². The van der Waals surface area contributed by atoms with Crippen LogP contribution in [0.4, 0.5) is 0 Å². The molecule has 1 aliphatic rings. The number of carbonyl (C=O) groups excluding carboxylic acids is 2. The zero-order chi connectivity index (χ0) is 14.3. The molecule has 18 heavy (non-hydrogen) atoms. The van der Waals surface area contributed by atoms with Gasteiger partial charge in [-0.05, 0) is 26.3 Å². The second-order valence-electron chi connectivity index (χ2n) is 4.73. The first kappa shape index (κ1) is 17.4. The zero-order valence-electron chi connectivity index (χ0n) is 12.1. The Hall–Kier alpha value is -0.600. The van der Waals surface area contributed by atoms with E-state index in [-0.39, 0.29) is 17.7 Å². The van der Waals surface area contributed by atoms with Crippen LogP contribution in [-0.2, 0) is 14.2 Å². The standard InChI is InChI=1S/C11H19NO3P.C2H6/c1-8(13)10-11(2,5-4-6-12-10)9(14)7-16(3)15;1-2/h10,12H,4-7H2,1-3H3;1-2H3/q+1;. The van der Waals surface area contributed by atoms with E-state index in [9.17, 15) is 14.2 Å². The number of nitrogens with one attached hydrogen (secondary N) is 1. The van der Waals surface area contributed by atoms with E-state index in [0.29, 0.717) is 6.42 Å². The summed E-state index contributed by atoms with van der Waals surface area (Å²) in [5, 5.41) is 3.10. The molecule has 0 aliphatic carbocycles. The summed E-state index contributed by atoms with van der Waals surface area (Å²) >= 11 is 0. The van der Waals surface area contributed by atoms with Gasteiger partial charge in [-0.25, -0.2) is 0 Å². The number of hydrogen-bond acceptors (Lipinski definition) is 4. The highest BCUT2D eigenvalue weighted by Gasteiger charge is 2.46. The van der Waals surface area contributed by atoms with Crippen LogP contribution < -0.4 is 5.32 Å². The fraction of sp³-hybridized carbons (Fsp3) is 0.846. The molecular weight excluding hydrogens is 249 g/mol. The Morgan fingerprint density at radius 2 is 1.94 bits per heavy atom. The molecule has 1 fully saturated rings. The molecule has 0 amide bonds. The second-order valence-corrected chi connectivity index (χ2v) is 6.30. The molecule has 0 bridgehead atoms. The van der Waals surface area contributed by atoms with Crippen LogP contribution in [0, 0.1) is 5.41 Å². The van der Waals surface area contributed by atoms with Gasteiger partial charge < -0.3 is 5.32 Å². The van der Waals surface area contributed by atoms with Crippen LogP contribution in [0.3, 0.4) is 0 Å². The SMILES string of the molecule is CC.CC(=O)C1NCCCC1(C)C(=O)C[P+](C)=O. The van der Waals surface area contributed by atoms with Gasteiger partial charge in [-0.15, -0.1) is 0 Å². The average Bonchev–Trinajstić information content (AvgIpc) is 2.31. The molecule has 1 heterocycles. The number of Topliss-reactive ketones (excluding diaryl/α,β-unsaturated/α-hetero) is 2. The third-order valence-corrected chi connectivity index (χ3v) is 4.00.